The van der Waals surface area contributed by atoms with E-state index in [0.29, 0.717) is 5.92 Å². The Morgan fingerprint density at radius 2 is 2.12 bits per heavy atom. The lowest BCUT2D eigenvalue weighted by molar-refractivity contribution is -0.135. The maximum absolute atomic E-state index is 11.0. The molecular weight excluding hydrogens is 216 g/mol. The zero-order chi connectivity index (χ0) is 12.2. The monoisotopic (exact) mass is 236 g/mol. The van der Waals surface area contributed by atoms with Crippen molar-refractivity contribution in [3.05, 3.63) is 12.2 Å². The molecule has 0 aliphatic heterocycles. The zero-order valence-electron chi connectivity index (χ0n) is 10.1. The fourth-order valence-electron chi connectivity index (χ4n) is 5.03. The third kappa shape index (κ3) is 1.35. The van der Waals surface area contributed by atoms with Gasteiger partial charge < -0.3 is 10.2 Å². The Hall–Kier alpha value is -0.830. The second kappa shape index (κ2) is 3.58. The summed E-state index contributed by atoms with van der Waals surface area (Å²) in [6.45, 7) is 3.57. The summed E-state index contributed by atoms with van der Waals surface area (Å²) in [5.41, 5.74) is -0.153. The molecule has 3 saturated carbocycles. The van der Waals surface area contributed by atoms with E-state index in [1.165, 1.54) is 25.7 Å². The third-order valence-corrected chi connectivity index (χ3v) is 5.69. The minimum absolute atomic E-state index is 0.00167. The topological polar surface area (TPSA) is 57.5 Å². The predicted octanol–water partition coefficient (Wildman–Crippen LogP) is 2.20. The van der Waals surface area contributed by atoms with E-state index < -0.39 is 12.1 Å². The molecule has 17 heavy (non-hydrogen) atoms. The highest BCUT2D eigenvalue weighted by molar-refractivity contribution is 5.87. The summed E-state index contributed by atoms with van der Waals surface area (Å²) in [7, 11) is 0. The minimum atomic E-state index is -1.04. The van der Waals surface area contributed by atoms with Gasteiger partial charge in [-0.1, -0.05) is 13.0 Å². The molecule has 0 saturated heterocycles. The molecule has 0 heterocycles. The number of hydrogen-bond donors (Lipinski definition) is 2. The molecule has 5 unspecified atom stereocenters. The van der Waals surface area contributed by atoms with Crippen LogP contribution in [0.1, 0.15) is 38.5 Å². The second-order valence-corrected chi connectivity index (χ2v) is 6.17. The highest BCUT2D eigenvalue weighted by Crippen LogP contribution is 2.67. The van der Waals surface area contributed by atoms with Crippen molar-refractivity contribution in [2.24, 2.45) is 23.2 Å². The number of rotatable bonds is 3. The molecule has 94 valence electrons. The summed E-state index contributed by atoms with van der Waals surface area (Å²) in [5.74, 6) is 0.989. The Morgan fingerprint density at radius 3 is 2.82 bits per heavy atom. The van der Waals surface area contributed by atoms with Crippen molar-refractivity contribution in [3.8, 4) is 0 Å². The van der Waals surface area contributed by atoms with Gasteiger partial charge in [0.15, 0.2) is 0 Å². The summed E-state index contributed by atoms with van der Waals surface area (Å²) in [4.78, 5) is 11.0. The number of hydrogen-bond acceptors (Lipinski definition) is 2. The molecule has 5 atom stereocenters. The van der Waals surface area contributed by atoms with Crippen LogP contribution >= 0.6 is 0 Å². The molecule has 3 heteroatoms. The van der Waals surface area contributed by atoms with Crippen molar-refractivity contribution in [1.29, 1.82) is 0 Å². The van der Waals surface area contributed by atoms with E-state index in [-0.39, 0.29) is 11.0 Å². The molecule has 0 aromatic rings. The summed E-state index contributed by atoms with van der Waals surface area (Å²) in [5, 5.41) is 19.4. The first-order valence-electron chi connectivity index (χ1n) is 6.66. The molecule has 0 amide bonds. The molecule has 0 aromatic carbocycles. The summed E-state index contributed by atoms with van der Waals surface area (Å²) in [6, 6.07) is 0. The molecule has 2 N–H and O–H groups in total. The molecule has 3 fully saturated rings. The number of aliphatic carboxylic acids is 1. The summed E-state index contributed by atoms with van der Waals surface area (Å²) < 4.78 is 0. The lowest BCUT2D eigenvalue weighted by Crippen LogP contribution is -2.41. The number of aliphatic hydroxyl groups excluding tert-OH is 1. The van der Waals surface area contributed by atoms with Crippen LogP contribution in [0.25, 0.3) is 0 Å². The van der Waals surface area contributed by atoms with Gasteiger partial charge in [-0.15, -0.1) is 0 Å². The Kier molecular flexibility index (Phi) is 2.37. The van der Waals surface area contributed by atoms with Gasteiger partial charge in [-0.25, -0.2) is 4.79 Å². The summed E-state index contributed by atoms with van der Waals surface area (Å²) >= 11 is 0. The Labute approximate surface area is 102 Å². The lowest BCUT2D eigenvalue weighted by Gasteiger charge is -2.39. The molecule has 3 nitrogen and oxygen atoms in total. The molecule has 0 radical (unpaired) electrons. The van der Waals surface area contributed by atoms with E-state index in [2.05, 4.69) is 6.58 Å². The normalized spacial score (nSPS) is 44.6. The standard InChI is InChI=1S/C14H20O3/c1-8(13(16)17)12(15)14-6-5-9(7-14)10-3-2-4-11(10)14/h9-12,15H,1-7H2,(H,16,17). The molecule has 3 rings (SSSR count). The highest BCUT2D eigenvalue weighted by Gasteiger charge is 2.62. The van der Waals surface area contributed by atoms with Crippen LogP contribution in [-0.2, 0) is 4.79 Å². The quantitative estimate of drug-likeness (QED) is 0.739. The number of carboxylic acid groups (broad SMARTS) is 1. The minimum Gasteiger partial charge on any atom is -0.478 e. The van der Waals surface area contributed by atoms with Crippen LogP contribution in [0.3, 0.4) is 0 Å². The Bertz CT molecular complexity index is 376. The van der Waals surface area contributed by atoms with E-state index in [0.717, 1.165) is 24.7 Å². The van der Waals surface area contributed by atoms with E-state index in [1.54, 1.807) is 0 Å². The molecular formula is C14H20O3. The number of aliphatic hydroxyl groups is 1. The molecule has 3 aliphatic carbocycles. The average Bonchev–Trinajstić information content (AvgIpc) is 2.98. The van der Waals surface area contributed by atoms with Crippen LogP contribution in [0, 0.1) is 23.2 Å². The van der Waals surface area contributed by atoms with Crippen molar-refractivity contribution in [3.63, 3.8) is 0 Å². The number of carbonyl (C=O) groups is 1. The zero-order valence-corrected chi connectivity index (χ0v) is 10.1. The van der Waals surface area contributed by atoms with Gasteiger partial charge in [0.2, 0.25) is 0 Å². The first-order valence-corrected chi connectivity index (χ1v) is 6.66. The van der Waals surface area contributed by atoms with Gasteiger partial charge in [-0.05, 0) is 49.9 Å². The highest BCUT2D eigenvalue weighted by atomic mass is 16.4. The second-order valence-electron chi connectivity index (χ2n) is 6.17. The average molecular weight is 236 g/mol. The lowest BCUT2D eigenvalue weighted by atomic mass is 9.67. The van der Waals surface area contributed by atoms with Gasteiger partial charge in [0.25, 0.3) is 0 Å². The van der Waals surface area contributed by atoms with Crippen LogP contribution in [0.4, 0.5) is 0 Å². The van der Waals surface area contributed by atoms with Gasteiger partial charge in [0.1, 0.15) is 0 Å². The molecule has 2 bridgehead atoms. The van der Waals surface area contributed by atoms with Gasteiger partial charge in [0, 0.05) is 5.41 Å². The first-order chi connectivity index (χ1) is 8.06. The van der Waals surface area contributed by atoms with Gasteiger partial charge >= 0.3 is 5.97 Å². The van der Waals surface area contributed by atoms with E-state index in [1.807, 2.05) is 0 Å². The molecule has 0 aromatic heterocycles. The number of fused-ring (bicyclic) bond motifs is 5. The van der Waals surface area contributed by atoms with E-state index in [4.69, 9.17) is 5.11 Å². The van der Waals surface area contributed by atoms with E-state index in [9.17, 15) is 9.90 Å². The Morgan fingerprint density at radius 1 is 1.35 bits per heavy atom. The van der Waals surface area contributed by atoms with Crippen LogP contribution < -0.4 is 0 Å². The molecule has 3 aliphatic rings. The van der Waals surface area contributed by atoms with Crippen LogP contribution in [0.2, 0.25) is 0 Å². The fraction of sp³-hybridized carbons (Fsp3) is 0.786. The van der Waals surface area contributed by atoms with Crippen molar-refractivity contribution >= 4 is 5.97 Å². The first kappa shape index (κ1) is 11.3. The van der Waals surface area contributed by atoms with Crippen molar-refractivity contribution in [2.75, 3.05) is 0 Å². The maximum Gasteiger partial charge on any atom is 0.333 e. The number of carboxylic acids is 1. The van der Waals surface area contributed by atoms with Gasteiger partial charge in [-0.2, -0.15) is 0 Å². The molecule has 0 spiro atoms. The van der Waals surface area contributed by atoms with Crippen molar-refractivity contribution < 1.29 is 15.0 Å². The van der Waals surface area contributed by atoms with Crippen molar-refractivity contribution in [2.45, 2.75) is 44.6 Å². The predicted molar refractivity (Wildman–Crippen MR) is 63.4 cm³/mol. The fourth-order valence-corrected chi connectivity index (χ4v) is 5.03. The van der Waals surface area contributed by atoms with Crippen LogP contribution in [0.5, 0.6) is 0 Å². The van der Waals surface area contributed by atoms with Crippen LogP contribution in [-0.4, -0.2) is 22.3 Å². The maximum atomic E-state index is 11.0. The van der Waals surface area contributed by atoms with Crippen LogP contribution in [0.15, 0.2) is 12.2 Å². The Balaban J connectivity index is 1.90. The SMILES string of the molecule is C=C(C(=O)O)C(O)C12CCC(C1)C1CCCC12. The van der Waals surface area contributed by atoms with Gasteiger partial charge in [-0.3, -0.25) is 0 Å². The smallest absolute Gasteiger partial charge is 0.333 e. The van der Waals surface area contributed by atoms with E-state index >= 15 is 0 Å². The largest absolute Gasteiger partial charge is 0.478 e. The third-order valence-electron chi connectivity index (χ3n) is 5.69. The summed E-state index contributed by atoms with van der Waals surface area (Å²) in [6.07, 6.45) is 6.06. The van der Waals surface area contributed by atoms with Crippen molar-refractivity contribution in [1.82, 2.24) is 0 Å². The van der Waals surface area contributed by atoms with Gasteiger partial charge in [0.05, 0.1) is 11.7 Å².